The molecule has 2 aromatic carbocycles. The fraction of sp³-hybridized carbons (Fsp3) is 0.300. The Morgan fingerprint density at radius 1 is 1.19 bits per heavy atom. The Hall–Kier alpha value is -2.38. The summed E-state index contributed by atoms with van der Waals surface area (Å²) in [5, 5.41) is 2.71. The lowest BCUT2D eigenvalue weighted by molar-refractivity contribution is -0.683. The van der Waals surface area contributed by atoms with Gasteiger partial charge in [-0.15, -0.1) is 11.3 Å². The Morgan fingerprint density at radius 3 is 2.63 bits per heavy atom. The monoisotopic (exact) mass is 390 g/mol. The summed E-state index contributed by atoms with van der Waals surface area (Å²) in [6.45, 7) is 4.03. The number of fused-ring (bicyclic) bond motifs is 1. The van der Waals surface area contributed by atoms with Gasteiger partial charge in [-0.1, -0.05) is 12.1 Å². The topological polar surface area (TPSA) is 49.8 Å². The molecule has 0 bridgehead atoms. The third-order valence-electron chi connectivity index (χ3n) is 4.76. The molecule has 3 aromatic rings. The van der Waals surface area contributed by atoms with Crippen LogP contribution in [0.4, 0.5) is 8.78 Å². The first kappa shape index (κ1) is 19.4. The minimum Gasteiger partial charge on any atom is -0.333 e. The zero-order valence-corrected chi connectivity index (χ0v) is 16.3. The Labute approximate surface area is 160 Å². The van der Waals surface area contributed by atoms with Crippen LogP contribution in [0.15, 0.2) is 42.5 Å². The number of quaternary nitrogens is 1. The first-order valence-corrected chi connectivity index (χ1v) is 9.58. The Morgan fingerprint density at radius 2 is 1.93 bits per heavy atom. The van der Waals surface area contributed by atoms with E-state index in [1.807, 2.05) is 43.4 Å². The molecule has 2 N–H and O–H groups in total. The number of nitrogens with zero attached hydrogens (tertiary/aromatic N) is 2. The van der Waals surface area contributed by atoms with Crippen molar-refractivity contribution < 1.29 is 18.9 Å². The van der Waals surface area contributed by atoms with Gasteiger partial charge in [-0.2, -0.15) is 0 Å². The van der Waals surface area contributed by atoms with E-state index in [1.165, 1.54) is 12.1 Å². The number of hydrogen-bond acceptors (Lipinski definition) is 3. The summed E-state index contributed by atoms with van der Waals surface area (Å²) in [4.78, 5) is 18.9. The molecule has 0 fully saturated rings. The van der Waals surface area contributed by atoms with E-state index in [9.17, 15) is 13.6 Å². The molecule has 2 atom stereocenters. The molecule has 1 amide bonds. The number of carbonyl (C=O) groups is 1. The first-order valence-electron chi connectivity index (χ1n) is 8.76. The molecular weight excluding hydrogens is 368 g/mol. The van der Waals surface area contributed by atoms with Crippen molar-refractivity contribution in [2.45, 2.75) is 25.9 Å². The molecular formula is C20H22F2N3OS+. The largest absolute Gasteiger partial charge is 0.333 e. The maximum atomic E-state index is 13.4. The van der Waals surface area contributed by atoms with Crippen LogP contribution in [0.25, 0.3) is 10.2 Å². The predicted molar refractivity (Wildman–Crippen MR) is 102 cm³/mol. The Balaban J connectivity index is 1.61. The zero-order valence-electron chi connectivity index (χ0n) is 15.4. The quantitative estimate of drug-likeness (QED) is 0.701. The maximum Gasteiger partial charge on any atom is 0.278 e. The van der Waals surface area contributed by atoms with Crippen LogP contribution in [0.2, 0.25) is 0 Å². The predicted octanol–water partition coefficient (Wildman–Crippen LogP) is 3.42. The van der Waals surface area contributed by atoms with Crippen LogP contribution >= 0.6 is 11.3 Å². The number of carbonyl (C=O) groups excluding carboxylic acids is 1. The van der Waals surface area contributed by atoms with Crippen molar-refractivity contribution in [3.05, 3.63) is 64.7 Å². The minimum absolute atomic E-state index is 0.0452. The molecule has 0 radical (unpaired) electrons. The normalized spacial score (nSPS) is 13.5. The Bertz CT molecular complexity index is 926. The molecule has 142 valence electrons. The number of aromatic nitrogens is 1. The number of likely N-dealkylation sites (N-methyl/N-ethyl adjacent to an activating group) is 1. The standard InChI is InChI=1S/C20H21F2N3OS/c1-12(14-8-9-15(21)16(22)10-14)23-11-19(26)25(3)13(2)20-24-17-6-4-5-7-18(17)27-20/h4-10,12-13,23H,11H2,1-3H3/p+1/t12-,13-/m0/s1. The average Bonchev–Trinajstić information content (AvgIpc) is 3.11. The number of nitrogens with two attached hydrogens (primary N) is 1. The lowest BCUT2D eigenvalue weighted by Crippen LogP contribution is -2.87. The Kier molecular flexibility index (Phi) is 5.82. The summed E-state index contributed by atoms with van der Waals surface area (Å²) in [5.74, 6) is -1.79. The summed E-state index contributed by atoms with van der Waals surface area (Å²) in [6, 6.07) is 11.4. The number of halogens is 2. The van der Waals surface area contributed by atoms with Crippen LogP contribution in [-0.4, -0.2) is 29.4 Å². The van der Waals surface area contributed by atoms with Gasteiger partial charge in [0.05, 0.1) is 16.3 Å². The highest BCUT2D eigenvalue weighted by molar-refractivity contribution is 7.18. The summed E-state index contributed by atoms with van der Waals surface area (Å²) in [6.07, 6.45) is 0. The average molecular weight is 390 g/mol. The third kappa shape index (κ3) is 4.31. The van der Waals surface area contributed by atoms with Crippen LogP contribution in [0, 0.1) is 11.6 Å². The summed E-state index contributed by atoms with van der Waals surface area (Å²) < 4.78 is 27.5. The van der Waals surface area contributed by atoms with Gasteiger partial charge < -0.3 is 10.2 Å². The number of benzene rings is 2. The molecule has 0 aliphatic heterocycles. The van der Waals surface area contributed by atoms with Crippen LogP contribution in [0.5, 0.6) is 0 Å². The molecule has 3 rings (SSSR count). The van der Waals surface area contributed by atoms with E-state index in [4.69, 9.17) is 0 Å². The van der Waals surface area contributed by atoms with Gasteiger partial charge in [0.2, 0.25) is 0 Å². The van der Waals surface area contributed by atoms with Gasteiger partial charge in [0.25, 0.3) is 5.91 Å². The van der Waals surface area contributed by atoms with Crippen molar-refractivity contribution in [3.63, 3.8) is 0 Å². The molecule has 0 spiro atoms. The van der Waals surface area contributed by atoms with Crippen molar-refractivity contribution in [2.24, 2.45) is 0 Å². The number of rotatable bonds is 6. The van der Waals surface area contributed by atoms with Crippen molar-refractivity contribution in [1.82, 2.24) is 9.88 Å². The van der Waals surface area contributed by atoms with Gasteiger partial charge in [0, 0.05) is 12.6 Å². The highest BCUT2D eigenvalue weighted by Gasteiger charge is 2.22. The second-order valence-corrected chi connectivity index (χ2v) is 7.66. The highest BCUT2D eigenvalue weighted by atomic mass is 32.1. The maximum absolute atomic E-state index is 13.4. The molecule has 0 aliphatic rings. The molecule has 7 heteroatoms. The summed E-state index contributed by atoms with van der Waals surface area (Å²) >= 11 is 1.58. The SMILES string of the molecule is C[C@H]([NH2+]CC(=O)N(C)[C@@H](C)c1nc2ccccc2s1)c1ccc(F)c(F)c1. The number of thiazole rings is 1. The second-order valence-electron chi connectivity index (χ2n) is 6.60. The minimum atomic E-state index is -0.874. The van der Waals surface area contributed by atoms with E-state index in [0.717, 1.165) is 21.3 Å². The molecule has 1 aromatic heterocycles. The summed E-state index contributed by atoms with van der Waals surface area (Å²) in [5.41, 5.74) is 1.58. The fourth-order valence-electron chi connectivity index (χ4n) is 2.80. The zero-order chi connectivity index (χ0) is 19.6. The molecule has 0 saturated heterocycles. The van der Waals surface area contributed by atoms with Crippen molar-refractivity contribution >= 4 is 27.5 Å². The van der Waals surface area contributed by atoms with Gasteiger partial charge in [0.15, 0.2) is 18.2 Å². The fourth-order valence-corrected chi connectivity index (χ4v) is 3.87. The molecule has 0 aliphatic carbocycles. The van der Waals surface area contributed by atoms with Crippen LogP contribution in [0.1, 0.15) is 36.5 Å². The molecule has 1 heterocycles. The van der Waals surface area contributed by atoms with Crippen molar-refractivity contribution in [2.75, 3.05) is 13.6 Å². The molecule has 0 saturated carbocycles. The van der Waals surface area contributed by atoms with Crippen LogP contribution < -0.4 is 5.32 Å². The third-order valence-corrected chi connectivity index (χ3v) is 5.96. The van der Waals surface area contributed by atoms with Crippen molar-refractivity contribution in [1.29, 1.82) is 0 Å². The van der Waals surface area contributed by atoms with E-state index in [1.54, 1.807) is 23.3 Å². The molecule has 4 nitrogen and oxygen atoms in total. The van der Waals surface area contributed by atoms with Crippen LogP contribution in [0.3, 0.4) is 0 Å². The molecule has 0 unspecified atom stereocenters. The van der Waals surface area contributed by atoms with Crippen LogP contribution in [-0.2, 0) is 4.79 Å². The number of amides is 1. The smallest absolute Gasteiger partial charge is 0.278 e. The van der Waals surface area contributed by atoms with E-state index >= 15 is 0 Å². The van der Waals surface area contributed by atoms with E-state index in [-0.39, 0.29) is 24.5 Å². The van der Waals surface area contributed by atoms with Gasteiger partial charge in [0.1, 0.15) is 11.0 Å². The van der Waals surface area contributed by atoms with E-state index in [0.29, 0.717) is 5.56 Å². The number of hydrogen-bond donors (Lipinski definition) is 1. The number of para-hydroxylation sites is 1. The second kappa shape index (κ2) is 8.10. The highest BCUT2D eigenvalue weighted by Crippen LogP contribution is 2.28. The summed E-state index contributed by atoms with van der Waals surface area (Å²) in [7, 11) is 1.76. The van der Waals surface area contributed by atoms with Gasteiger partial charge in [-0.3, -0.25) is 4.79 Å². The van der Waals surface area contributed by atoms with E-state index in [2.05, 4.69) is 4.98 Å². The first-order chi connectivity index (χ1) is 12.9. The lowest BCUT2D eigenvalue weighted by atomic mass is 10.1. The molecule has 27 heavy (non-hydrogen) atoms. The van der Waals surface area contributed by atoms with Crippen molar-refractivity contribution in [3.8, 4) is 0 Å². The van der Waals surface area contributed by atoms with Gasteiger partial charge >= 0.3 is 0 Å². The van der Waals surface area contributed by atoms with Gasteiger partial charge in [-0.05, 0) is 44.2 Å². The van der Waals surface area contributed by atoms with Gasteiger partial charge in [-0.25, -0.2) is 13.8 Å². The lowest BCUT2D eigenvalue weighted by Gasteiger charge is -2.23. The van der Waals surface area contributed by atoms with E-state index < -0.39 is 11.6 Å².